The molecule has 0 radical (unpaired) electrons. The van der Waals surface area contributed by atoms with Gasteiger partial charge in [0.2, 0.25) is 5.13 Å². The first-order valence-electron chi connectivity index (χ1n) is 8.70. The van der Waals surface area contributed by atoms with Gasteiger partial charge in [-0.3, -0.25) is 5.43 Å². The lowest BCUT2D eigenvalue weighted by Crippen LogP contribution is -1.91. The lowest BCUT2D eigenvalue weighted by Gasteiger charge is -2.02. The van der Waals surface area contributed by atoms with Gasteiger partial charge in [0.15, 0.2) is 0 Å². The minimum absolute atomic E-state index is 0.157. The Morgan fingerprint density at radius 1 is 1.00 bits per heavy atom. The molecule has 1 heterocycles. The van der Waals surface area contributed by atoms with Crippen molar-refractivity contribution in [2.24, 2.45) is 5.10 Å². The summed E-state index contributed by atoms with van der Waals surface area (Å²) in [7, 11) is 0. The van der Waals surface area contributed by atoms with Gasteiger partial charge >= 0.3 is 0 Å². The molecule has 0 unspecified atom stereocenters. The molecular weight excluding hydrogens is 470 g/mol. The largest absolute Gasteiger partial charge is 0.507 e. The van der Waals surface area contributed by atoms with Gasteiger partial charge in [0.25, 0.3) is 0 Å². The van der Waals surface area contributed by atoms with Crippen LogP contribution in [0.2, 0.25) is 5.02 Å². The van der Waals surface area contributed by atoms with E-state index < -0.39 is 0 Å². The van der Waals surface area contributed by atoms with E-state index in [1.165, 1.54) is 11.3 Å². The van der Waals surface area contributed by atoms with Crippen molar-refractivity contribution < 1.29 is 5.11 Å². The van der Waals surface area contributed by atoms with Gasteiger partial charge in [0, 0.05) is 20.6 Å². The van der Waals surface area contributed by atoms with Crippen molar-refractivity contribution >= 4 is 50.2 Å². The summed E-state index contributed by atoms with van der Waals surface area (Å²) in [6.07, 6.45) is 1.56. The second-order valence-electron chi connectivity index (χ2n) is 6.14. The van der Waals surface area contributed by atoms with Crippen molar-refractivity contribution in [1.82, 2.24) is 4.98 Å². The molecule has 0 aliphatic rings. The summed E-state index contributed by atoms with van der Waals surface area (Å²) in [6, 6.07) is 22.9. The number of hydrazone groups is 1. The van der Waals surface area contributed by atoms with Crippen LogP contribution in [0.25, 0.3) is 21.7 Å². The van der Waals surface area contributed by atoms with Crippen LogP contribution in [-0.2, 0) is 0 Å². The third kappa shape index (κ3) is 4.67. The molecule has 4 rings (SSSR count). The molecule has 0 aliphatic heterocycles. The Labute approximate surface area is 185 Å². The third-order valence-corrected chi connectivity index (χ3v) is 5.89. The summed E-state index contributed by atoms with van der Waals surface area (Å²) in [5.41, 5.74) is 6.50. The van der Waals surface area contributed by atoms with Crippen LogP contribution in [0.3, 0.4) is 0 Å². The molecule has 0 saturated heterocycles. The molecular formula is C22H15BrClN3OS. The number of phenols is 1. The van der Waals surface area contributed by atoms with E-state index in [9.17, 15) is 5.11 Å². The van der Waals surface area contributed by atoms with Crippen LogP contribution >= 0.6 is 38.9 Å². The van der Waals surface area contributed by atoms with Crippen molar-refractivity contribution in [1.29, 1.82) is 0 Å². The van der Waals surface area contributed by atoms with E-state index >= 15 is 0 Å². The molecule has 0 aliphatic carbocycles. The quantitative estimate of drug-likeness (QED) is 0.236. The molecule has 144 valence electrons. The van der Waals surface area contributed by atoms with Gasteiger partial charge < -0.3 is 5.11 Å². The van der Waals surface area contributed by atoms with Gasteiger partial charge in [0.05, 0.1) is 16.8 Å². The molecule has 7 heteroatoms. The monoisotopic (exact) mass is 483 g/mol. The Hall–Kier alpha value is -2.67. The highest BCUT2D eigenvalue weighted by Gasteiger charge is 2.14. The minimum Gasteiger partial charge on any atom is -0.507 e. The molecule has 0 bridgehead atoms. The van der Waals surface area contributed by atoms with E-state index in [0.29, 0.717) is 15.7 Å². The molecule has 1 aromatic heterocycles. The Morgan fingerprint density at radius 2 is 1.76 bits per heavy atom. The number of anilines is 1. The predicted molar refractivity (Wildman–Crippen MR) is 125 cm³/mol. The Balaban J connectivity index is 1.67. The highest BCUT2D eigenvalue weighted by atomic mass is 79.9. The number of phenolic OH excluding ortho intramolecular Hbond substituents is 1. The second kappa shape index (κ2) is 8.78. The van der Waals surface area contributed by atoms with E-state index in [0.717, 1.165) is 26.2 Å². The van der Waals surface area contributed by atoms with Crippen molar-refractivity contribution in [3.05, 3.63) is 87.9 Å². The maximum atomic E-state index is 9.94. The van der Waals surface area contributed by atoms with Crippen LogP contribution in [0, 0.1) is 0 Å². The molecule has 0 spiro atoms. The molecule has 29 heavy (non-hydrogen) atoms. The van der Waals surface area contributed by atoms with E-state index in [1.54, 1.807) is 24.4 Å². The van der Waals surface area contributed by atoms with Gasteiger partial charge in [-0.05, 0) is 35.9 Å². The van der Waals surface area contributed by atoms with Crippen molar-refractivity contribution in [2.75, 3.05) is 5.43 Å². The standard InChI is InChI=1S/C22H15BrClN3OS/c23-17-8-11-19(28)16(12-17)13-25-27-22-26-20(14-6-9-18(24)10-7-14)21(29-22)15-4-2-1-3-5-15/h1-13,28H,(H,26,27)/b25-13-. The van der Waals surface area contributed by atoms with Crippen LogP contribution in [0.1, 0.15) is 5.56 Å². The summed E-state index contributed by atoms with van der Waals surface area (Å²) in [5.74, 6) is 0.157. The molecule has 0 amide bonds. The summed E-state index contributed by atoms with van der Waals surface area (Å²) in [5, 5.41) is 15.5. The van der Waals surface area contributed by atoms with Crippen molar-refractivity contribution in [2.45, 2.75) is 0 Å². The van der Waals surface area contributed by atoms with Gasteiger partial charge in [0.1, 0.15) is 5.75 Å². The molecule has 3 aromatic carbocycles. The number of nitrogens with zero attached hydrogens (tertiary/aromatic N) is 2. The van der Waals surface area contributed by atoms with Crippen molar-refractivity contribution in [3.8, 4) is 27.4 Å². The van der Waals surface area contributed by atoms with Gasteiger partial charge in [-0.2, -0.15) is 5.10 Å². The molecule has 0 atom stereocenters. The second-order valence-corrected chi connectivity index (χ2v) is 8.49. The summed E-state index contributed by atoms with van der Waals surface area (Å²) in [4.78, 5) is 5.77. The van der Waals surface area contributed by atoms with E-state index in [2.05, 4.69) is 38.6 Å². The number of hydrogen-bond acceptors (Lipinski definition) is 5. The Bertz CT molecular complexity index is 1160. The van der Waals surface area contributed by atoms with Crippen LogP contribution < -0.4 is 5.43 Å². The third-order valence-electron chi connectivity index (χ3n) is 4.13. The number of benzene rings is 3. The SMILES string of the molecule is Oc1ccc(Br)cc1/C=N\Nc1nc(-c2ccc(Cl)cc2)c(-c2ccccc2)s1. The molecule has 4 nitrogen and oxygen atoms in total. The summed E-state index contributed by atoms with van der Waals surface area (Å²) < 4.78 is 0.863. The Morgan fingerprint density at radius 3 is 2.52 bits per heavy atom. The first kappa shape index (κ1) is 19.6. The zero-order valence-corrected chi connectivity index (χ0v) is 18.2. The summed E-state index contributed by atoms with van der Waals surface area (Å²) >= 11 is 10.9. The molecule has 4 aromatic rings. The van der Waals surface area contributed by atoms with Crippen LogP contribution in [0.5, 0.6) is 5.75 Å². The average molecular weight is 485 g/mol. The zero-order valence-electron chi connectivity index (χ0n) is 15.0. The number of hydrogen-bond donors (Lipinski definition) is 2. The van der Waals surface area contributed by atoms with Gasteiger partial charge in [-0.15, -0.1) is 0 Å². The lowest BCUT2D eigenvalue weighted by molar-refractivity contribution is 0.474. The minimum atomic E-state index is 0.157. The first-order chi connectivity index (χ1) is 14.1. The van der Waals surface area contributed by atoms with Crippen molar-refractivity contribution in [3.63, 3.8) is 0 Å². The highest BCUT2D eigenvalue weighted by Crippen LogP contribution is 2.39. The van der Waals surface area contributed by atoms with E-state index in [1.807, 2.05) is 42.5 Å². The summed E-state index contributed by atoms with van der Waals surface area (Å²) in [6.45, 7) is 0. The van der Waals surface area contributed by atoms with E-state index in [-0.39, 0.29) is 5.75 Å². The normalized spacial score (nSPS) is 11.1. The number of nitrogens with one attached hydrogen (secondary N) is 1. The van der Waals surface area contributed by atoms with E-state index in [4.69, 9.17) is 16.6 Å². The number of aromatic hydroxyl groups is 1. The highest BCUT2D eigenvalue weighted by molar-refractivity contribution is 9.10. The molecule has 2 N–H and O–H groups in total. The maximum absolute atomic E-state index is 9.94. The van der Waals surface area contributed by atoms with Gasteiger partial charge in [-0.1, -0.05) is 81.3 Å². The molecule has 0 fully saturated rings. The van der Waals surface area contributed by atoms with Crippen LogP contribution in [-0.4, -0.2) is 16.3 Å². The number of halogens is 2. The van der Waals surface area contributed by atoms with Gasteiger partial charge in [-0.25, -0.2) is 4.98 Å². The maximum Gasteiger partial charge on any atom is 0.204 e. The lowest BCUT2D eigenvalue weighted by atomic mass is 10.1. The average Bonchev–Trinajstić information content (AvgIpc) is 3.16. The fourth-order valence-corrected chi connectivity index (χ4v) is 4.19. The Kier molecular flexibility index (Phi) is 5.94. The van der Waals surface area contributed by atoms with Crippen LogP contribution in [0.4, 0.5) is 5.13 Å². The predicted octanol–water partition coefficient (Wildman–Crippen LogP) is 7.04. The first-order valence-corrected chi connectivity index (χ1v) is 10.7. The number of aromatic nitrogens is 1. The number of rotatable bonds is 5. The molecule has 0 saturated carbocycles. The topological polar surface area (TPSA) is 57.5 Å². The smallest absolute Gasteiger partial charge is 0.204 e. The van der Waals surface area contributed by atoms with Crippen LogP contribution in [0.15, 0.2) is 82.4 Å². The fourth-order valence-electron chi connectivity index (χ4n) is 2.74. The fraction of sp³-hybridized carbons (Fsp3) is 0. The zero-order chi connectivity index (χ0) is 20.2. The number of thiazole rings is 1.